The van der Waals surface area contributed by atoms with Crippen LogP contribution >= 0.6 is 11.6 Å². The highest BCUT2D eigenvalue weighted by molar-refractivity contribution is 6.29. The van der Waals surface area contributed by atoms with Crippen LogP contribution in [0, 0.1) is 12.3 Å². The first-order valence-corrected chi connectivity index (χ1v) is 3.58. The molecule has 11 heavy (non-hydrogen) atoms. The molecule has 1 amide bonds. The maximum Gasteiger partial charge on any atom is 0.221 e. The van der Waals surface area contributed by atoms with Gasteiger partial charge < -0.3 is 5.32 Å². The molecule has 0 rings (SSSR count). The van der Waals surface area contributed by atoms with E-state index < -0.39 is 0 Å². The van der Waals surface area contributed by atoms with Crippen molar-refractivity contribution in [1.29, 1.82) is 0 Å². The summed E-state index contributed by atoms with van der Waals surface area (Å²) in [5.41, 5.74) is 0. The fourth-order valence-electron chi connectivity index (χ4n) is 0.469. The predicted octanol–water partition coefficient (Wildman–Crippen LogP) is 1.27. The molecule has 0 aliphatic carbocycles. The molecule has 0 bridgehead atoms. The van der Waals surface area contributed by atoms with Crippen molar-refractivity contribution in [2.75, 3.05) is 6.54 Å². The highest BCUT2D eigenvalue weighted by atomic mass is 35.5. The Morgan fingerprint density at radius 1 is 1.73 bits per heavy atom. The first kappa shape index (κ1) is 10.1. The SMILES string of the molecule is C#CCCC(=O)NCC(=C)Cl. The van der Waals surface area contributed by atoms with E-state index in [1.165, 1.54) is 0 Å². The molecule has 0 atom stereocenters. The Balaban J connectivity index is 3.39. The van der Waals surface area contributed by atoms with Gasteiger partial charge in [0.05, 0.1) is 6.54 Å². The molecule has 0 saturated heterocycles. The molecule has 0 aromatic heterocycles. The van der Waals surface area contributed by atoms with Crippen molar-refractivity contribution in [3.63, 3.8) is 0 Å². The van der Waals surface area contributed by atoms with Gasteiger partial charge in [-0.05, 0) is 0 Å². The number of terminal acetylenes is 1. The lowest BCUT2D eigenvalue weighted by Crippen LogP contribution is -2.23. The molecule has 0 aromatic carbocycles. The van der Waals surface area contributed by atoms with E-state index in [0.29, 0.717) is 24.4 Å². The predicted molar refractivity (Wildman–Crippen MR) is 46.1 cm³/mol. The third-order valence-corrected chi connectivity index (χ3v) is 1.11. The van der Waals surface area contributed by atoms with Crippen LogP contribution in [0.1, 0.15) is 12.8 Å². The summed E-state index contributed by atoms with van der Waals surface area (Å²) < 4.78 is 0. The number of hydrogen-bond donors (Lipinski definition) is 1. The van der Waals surface area contributed by atoms with Crippen molar-refractivity contribution in [2.45, 2.75) is 12.8 Å². The van der Waals surface area contributed by atoms with Crippen LogP contribution in [0.2, 0.25) is 0 Å². The summed E-state index contributed by atoms with van der Waals surface area (Å²) in [6, 6.07) is 0. The maximum atomic E-state index is 10.8. The zero-order valence-corrected chi connectivity index (χ0v) is 6.95. The van der Waals surface area contributed by atoms with Gasteiger partial charge in [-0.2, -0.15) is 0 Å². The van der Waals surface area contributed by atoms with Crippen LogP contribution in [0.4, 0.5) is 0 Å². The molecule has 0 unspecified atom stereocenters. The van der Waals surface area contributed by atoms with Crippen molar-refractivity contribution in [3.05, 3.63) is 11.6 Å². The van der Waals surface area contributed by atoms with Gasteiger partial charge in [0.1, 0.15) is 0 Å². The van der Waals surface area contributed by atoms with Crippen LogP contribution < -0.4 is 5.32 Å². The summed E-state index contributed by atoms with van der Waals surface area (Å²) in [4.78, 5) is 10.8. The van der Waals surface area contributed by atoms with Gasteiger partial charge >= 0.3 is 0 Å². The molecule has 0 aromatic rings. The summed E-state index contributed by atoms with van der Waals surface area (Å²) in [6.07, 6.45) is 5.77. The van der Waals surface area contributed by atoms with Crippen LogP contribution in [-0.4, -0.2) is 12.5 Å². The van der Waals surface area contributed by atoms with E-state index in [4.69, 9.17) is 18.0 Å². The van der Waals surface area contributed by atoms with Gasteiger partial charge in [0.2, 0.25) is 5.91 Å². The molecular weight excluding hydrogens is 162 g/mol. The summed E-state index contributed by atoms with van der Waals surface area (Å²) in [5.74, 6) is 2.28. The Morgan fingerprint density at radius 3 is 2.82 bits per heavy atom. The summed E-state index contributed by atoms with van der Waals surface area (Å²) in [6.45, 7) is 3.73. The third kappa shape index (κ3) is 6.95. The number of amides is 1. The topological polar surface area (TPSA) is 29.1 Å². The van der Waals surface area contributed by atoms with E-state index in [1.807, 2.05) is 0 Å². The number of carbonyl (C=O) groups is 1. The number of carbonyl (C=O) groups excluding carboxylic acids is 1. The summed E-state index contributed by atoms with van der Waals surface area (Å²) >= 11 is 5.41. The molecule has 0 fully saturated rings. The number of halogens is 1. The van der Waals surface area contributed by atoms with Crippen LogP contribution in [-0.2, 0) is 4.79 Å². The Bertz CT molecular complexity index is 193. The summed E-state index contributed by atoms with van der Waals surface area (Å²) in [7, 11) is 0. The third-order valence-electron chi connectivity index (χ3n) is 0.974. The Morgan fingerprint density at radius 2 is 2.36 bits per heavy atom. The average molecular weight is 172 g/mol. The highest BCUT2D eigenvalue weighted by Crippen LogP contribution is 1.93. The molecule has 0 aliphatic rings. The first-order chi connectivity index (χ1) is 5.16. The van der Waals surface area contributed by atoms with Gasteiger partial charge in [0.15, 0.2) is 0 Å². The van der Waals surface area contributed by atoms with Crippen molar-refractivity contribution < 1.29 is 4.79 Å². The van der Waals surface area contributed by atoms with Crippen molar-refractivity contribution in [3.8, 4) is 12.3 Å². The molecule has 0 saturated carbocycles. The molecule has 0 spiro atoms. The molecule has 0 aliphatic heterocycles. The summed E-state index contributed by atoms with van der Waals surface area (Å²) in [5, 5.41) is 2.97. The lowest BCUT2D eigenvalue weighted by Gasteiger charge is -2.00. The van der Waals surface area contributed by atoms with Gasteiger partial charge in [-0.1, -0.05) is 18.2 Å². The molecule has 1 N–H and O–H groups in total. The number of hydrogen-bond acceptors (Lipinski definition) is 1. The maximum absolute atomic E-state index is 10.8. The first-order valence-electron chi connectivity index (χ1n) is 3.20. The van der Waals surface area contributed by atoms with Gasteiger partial charge in [-0.15, -0.1) is 12.3 Å². The second kappa shape index (κ2) is 5.82. The molecule has 2 nitrogen and oxygen atoms in total. The monoisotopic (exact) mass is 171 g/mol. The molecule has 0 heterocycles. The van der Waals surface area contributed by atoms with E-state index in [-0.39, 0.29) is 5.91 Å². The van der Waals surface area contributed by atoms with Crippen molar-refractivity contribution in [1.82, 2.24) is 5.32 Å². The zero-order valence-electron chi connectivity index (χ0n) is 6.19. The van der Waals surface area contributed by atoms with Crippen LogP contribution in [0.3, 0.4) is 0 Å². The second-order valence-electron chi connectivity index (χ2n) is 2.00. The fourth-order valence-corrected chi connectivity index (χ4v) is 0.535. The number of rotatable bonds is 4. The van der Waals surface area contributed by atoms with E-state index in [1.54, 1.807) is 0 Å². The fraction of sp³-hybridized carbons (Fsp3) is 0.375. The minimum Gasteiger partial charge on any atom is -0.351 e. The van der Waals surface area contributed by atoms with E-state index >= 15 is 0 Å². The van der Waals surface area contributed by atoms with Crippen molar-refractivity contribution >= 4 is 17.5 Å². The van der Waals surface area contributed by atoms with E-state index in [9.17, 15) is 4.79 Å². The number of nitrogens with one attached hydrogen (secondary N) is 1. The van der Waals surface area contributed by atoms with E-state index in [2.05, 4.69) is 17.8 Å². The second-order valence-corrected chi connectivity index (χ2v) is 2.53. The van der Waals surface area contributed by atoms with Crippen molar-refractivity contribution in [2.24, 2.45) is 0 Å². The Labute approximate surface area is 71.6 Å². The molecule has 60 valence electrons. The van der Waals surface area contributed by atoms with Crippen LogP contribution in [0.5, 0.6) is 0 Å². The van der Waals surface area contributed by atoms with Gasteiger partial charge in [-0.25, -0.2) is 0 Å². The van der Waals surface area contributed by atoms with Gasteiger partial charge in [-0.3, -0.25) is 4.79 Å². The Kier molecular flexibility index (Phi) is 5.32. The highest BCUT2D eigenvalue weighted by Gasteiger charge is 1.97. The molecule has 3 heteroatoms. The van der Waals surface area contributed by atoms with Crippen LogP contribution in [0.25, 0.3) is 0 Å². The standard InChI is InChI=1S/C8H10ClNO/c1-3-4-5-8(11)10-6-7(2)9/h1H,2,4-6H2,(H,10,11). The smallest absolute Gasteiger partial charge is 0.221 e. The van der Waals surface area contributed by atoms with E-state index in [0.717, 1.165) is 0 Å². The quantitative estimate of drug-likeness (QED) is 0.635. The largest absolute Gasteiger partial charge is 0.351 e. The lowest BCUT2D eigenvalue weighted by molar-refractivity contribution is -0.120. The lowest BCUT2D eigenvalue weighted by atomic mass is 10.3. The normalized spacial score (nSPS) is 8.36. The molecular formula is C8H10ClNO. The minimum atomic E-state index is -0.0928. The molecule has 0 radical (unpaired) electrons. The van der Waals surface area contributed by atoms with Gasteiger partial charge in [0.25, 0.3) is 0 Å². The average Bonchev–Trinajstić information content (AvgIpc) is 1.97. The Hall–Kier alpha value is -0.940. The minimum absolute atomic E-state index is 0.0928. The zero-order chi connectivity index (χ0) is 8.69. The van der Waals surface area contributed by atoms with Gasteiger partial charge in [0, 0.05) is 17.9 Å². The van der Waals surface area contributed by atoms with Crippen LogP contribution in [0.15, 0.2) is 11.6 Å².